The fraction of sp³-hybridized carbons (Fsp3) is 0.700. The SMILES string of the molecule is O=C(O)CCC#CCN1CCCC1. The van der Waals surface area contributed by atoms with Gasteiger partial charge < -0.3 is 5.11 Å². The minimum atomic E-state index is -0.768. The quantitative estimate of drug-likeness (QED) is 0.659. The second-order valence-electron chi connectivity index (χ2n) is 3.23. The molecule has 72 valence electrons. The van der Waals surface area contributed by atoms with Crippen molar-refractivity contribution in [3.8, 4) is 11.8 Å². The van der Waals surface area contributed by atoms with Crippen LogP contribution in [0.4, 0.5) is 0 Å². The van der Waals surface area contributed by atoms with Crippen LogP contribution in [0.5, 0.6) is 0 Å². The van der Waals surface area contributed by atoms with E-state index in [4.69, 9.17) is 5.11 Å². The minimum absolute atomic E-state index is 0.160. The van der Waals surface area contributed by atoms with Crippen LogP contribution in [0.15, 0.2) is 0 Å². The van der Waals surface area contributed by atoms with E-state index in [1.54, 1.807) is 0 Å². The number of likely N-dealkylation sites (tertiary alicyclic amines) is 1. The van der Waals surface area contributed by atoms with Gasteiger partial charge in [0.25, 0.3) is 0 Å². The number of carboxylic acids is 1. The van der Waals surface area contributed by atoms with E-state index in [2.05, 4.69) is 16.7 Å². The van der Waals surface area contributed by atoms with Crippen LogP contribution in [-0.2, 0) is 4.79 Å². The van der Waals surface area contributed by atoms with Gasteiger partial charge in [-0.2, -0.15) is 0 Å². The van der Waals surface area contributed by atoms with Crippen molar-refractivity contribution in [1.29, 1.82) is 0 Å². The lowest BCUT2D eigenvalue weighted by Crippen LogP contribution is -2.18. The molecule has 1 aliphatic rings. The van der Waals surface area contributed by atoms with Crippen molar-refractivity contribution in [2.75, 3.05) is 19.6 Å². The molecule has 0 atom stereocenters. The summed E-state index contributed by atoms with van der Waals surface area (Å²) >= 11 is 0. The highest BCUT2D eigenvalue weighted by Gasteiger charge is 2.08. The molecule has 1 aliphatic heterocycles. The van der Waals surface area contributed by atoms with Gasteiger partial charge in [-0.3, -0.25) is 9.69 Å². The summed E-state index contributed by atoms with van der Waals surface area (Å²) in [6, 6.07) is 0. The molecule has 0 radical (unpaired) electrons. The van der Waals surface area contributed by atoms with Crippen LogP contribution < -0.4 is 0 Å². The Morgan fingerprint density at radius 1 is 1.31 bits per heavy atom. The zero-order valence-corrected chi connectivity index (χ0v) is 7.75. The Morgan fingerprint density at radius 3 is 2.62 bits per heavy atom. The molecule has 3 nitrogen and oxygen atoms in total. The van der Waals surface area contributed by atoms with Gasteiger partial charge in [0.05, 0.1) is 13.0 Å². The highest BCUT2D eigenvalue weighted by atomic mass is 16.4. The molecule has 0 aromatic heterocycles. The molecule has 0 bridgehead atoms. The van der Waals surface area contributed by atoms with E-state index in [0.717, 1.165) is 19.6 Å². The van der Waals surface area contributed by atoms with Crippen LogP contribution in [0.2, 0.25) is 0 Å². The lowest BCUT2D eigenvalue weighted by Gasteiger charge is -2.08. The topological polar surface area (TPSA) is 40.5 Å². The molecule has 0 amide bonds. The molecule has 1 saturated heterocycles. The standard InChI is InChI=1S/C10H15NO2/c12-10(13)6-2-1-3-7-11-8-4-5-9-11/h2,4-9H2,(H,12,13). The molecule has 1 heterocycles. The monoisotopic (exact) mass is 181 g/mol. The average molecular weight is 181 g/mol. The van der Waals surface area contributed by atoms with Gasteiger partial charge in [0.1, 0.15) is 0 Å². The fourth-order valence-corrected chi connectivity index (χ4v) is 1.37. The molecule has 3 heteroatoms. The van der Waals surface area contributed by atoms with Gasteiger partial charge in [0.15, 0.2) is 0 Å². The molecule has 13 heavy (non-hydrogen) atoms. The summed E-state index contributed by atoms with van der Waals surface area (Å²) in [6.45, 7) is 3.10. The third-order valence-electron chi connectivity index (χ3n) is 2.09. The van der Waals surface area contributed by atoms with Crippen molar-refractivity contribution in [3.05, 3.63) is 0 Å². The summed E-state index contributed by atoms with van der Waals surface area (Å²) in [7, 11) is 0. The summed E-state index contributed by atoms with van der Waals surface area (Å²) in [5.74, 6) is 5.10. The summed E-state index contributed by atoms with van der Waals surface area (Å²) in [4.78, 5) is 12.4. The minimum Gasteiger partial charge on any atom is -0.481 e. The van der Waals surface area contributed by atoms with E-state index in [0.29, 0.717) is 6.42 Å². The van der Waals surface area contributed by atoms with Gasteiger partial charge in [0.2, 0.25) is 0 Å². The third kappa shape index (κ3) is 4.54. The van der Waals surface area contributed by atoms with Crippen molar-refractivity contribution in [2.24, 2.45) is 0 Å². The first-order valence-corrected chi connectivity index (χ1v) is 4.69. The van der Waals surface area contributed by atoms with Gasteiger partial charge in [-0.25, -0.2) is 0 Å². The van der Waals surface area contributed by atoms with Gasteiger partial charge in [-0.15, -0.1) is 5.92 Å². The summed E-state index contributed by atoms with van der Waals surface area (Å²) in [5.41, 5.74) is 0. The maximum absolute atomic E-state index is 10.1. The Morgan fingerprint density at radius 2 is 2.00 bits per heavy atom. The fourth-order valence-electron chi connectivity index (χ4n) is 1.37. The Balaban J connectivity index is 2.05. The second-order valence-corrected chi connectivity index (χ2v) is 3.23. The van der Waals surface area contributed by atoms with E-state index < -0.39 is 5.97 Å². The number of hydrogen-bond acceptors (Lipinski definition) is 2. The van der Waals surface area contributed by atoms with Gasteiger partial charge in [-0.1, -0.05) is 5.92 Å². The predicted octanol–water partition coefficient (Wildman–Crippen LogP) is 0.950. The van der Waals surface area contributed by atoms with Crippen molar-refractivity contribution >= 4 is 5.97 Å². The molecule has 0 spiro atoms. The van der Waals surface area contributed by atoms with Crippen LogP contribution in [0.25, 0.3) is 0 Å². The third-order valence-corrected chi connectivity index (χ3v) is 2.09. The van der Waals surface area contributed by atoms with Crippen molar-refractivity contribution in [2.45, 2.75) is 25.7 Å². The molecule has 1 rings (SSSR count). The first kappa shape index (κ1) is 10.1. The van der Waals surface area contributed by atoms with Crippen LogP contribution in [0.1, 0.15) is 25.7 Å². The largest absolute Gasteiger partial charge is 0.481 e. The molecule has 1 fully saturated rings. The lowest BCUT2D eigenvalue weighted by molar-refractivity contribution is -0.136. The zero-order valence-electron chi connectivity index (χ0n) is 7.75. The normalized spacial score (nSPS) is 16.6. The molecular formula is C10H15NO2. The van der Waals surface area contributed by atoms with Crippen LogP contribution in [0.3, 0.4) is 0 Å². The van der Waals surface area contributed by atoms with Gasteiger partial charge >= 0.3 is 5.97 Å². The predicted molar refractivity (Wildman–Crippen MR) is 50.3 cm³/mol. The lowest BCUT2D eigenvalue weighted by atomic mass is 10.3. The zero-order chi connectivity index (χ0) is 9.52. The van der Waals surface area contributed by atoms with Crippen LogP contribution in [0, 0.1) is 11.8 Å². The number of hydrogen-bond donors (Lipinski definition) is 1. The van der Waals surface area contributed by atoms with E-state index in [9.17, 15) is 4.79 Å². The molecular weight excluding hydrogens is 166 g/mol. The number of rotatable bonds is 3. The summed E-state index contributed by atoms with van der Waals surface area (Å²) in [6.07, 6.45) is 3.18. The molecule has 0 unspecified atom stereocenters. The van der Waals surface area contributed by atoms with Gasteiger partial charge in [0, 0.05) is 6.42 Å². The molecule has 0 saturated carbocycles. The Bertz CT molecular complexity index is 221. The second kappa shape index (κ2) is 5.60. The van der Waals surface area contributed by atoms with E-state index in [1.165, 1.54) is 12.8 Å². The highest BCUT2D eigenvalue weighted by Crippen LogP contribution is 2.05. The van der Waals surface area contributed by atoms with Crippen LogP contribution in [-0.4, -0.2) is 35.6 Å². The number of carboxylic acid groups (broad SMARTS) is 1. The highest BCUT2D eigenvalue weighted by molar-refractivity contribution is 5.66. The summed E-state index contributed by atoms with van der Waals surface area (Å²) < 4.78 is 0. The molecule has 0 aromatic rings. The molecule has 0 aromatic carbocycles. The Labute approximate surface area is 78.7 Å². The first-order valence-electron chi connectivity index (χ1n) is 4.69. The number of aliphatic carboxylic acids is 1. The molecule has 0 aliphatic carbocycles. The maximum atomic E-state index is 10.1. The van der Waals surface area contributed by atoms with E-state index in [-0.39, 0.29) is 6.42 Å². The van der Waals surface area contributed by atoms with Crippen LogP contribution >= 0.6 is 0 Å². The smallest absolute Gasteiger partial charge is 0.304 e. The maximum Gasteiger partial charge on any atom is 0.304 e. The van der Waals surface area contributed by atoms with Crippen molar-refractivity contribution < 1.29 is 9.90 Å². The Kier molecular flexibility index (Phi) is 4.34. The van der Waals surface area contributed by atoms with Crippen molar-refractivity contribution in [3.63, 3.8) is 0 Å². The number of carbonyl (C=O) groups is 1. The average Bonchev–Trinajstić information content (AvgIpc) is 2.55. The van der Waals surface area contributed by atoms with E-state index in [1.807, 2.05) is 0 Å². The van der Waals surface area contributed by atoms with Gasteiger partial charge in [-0.05, 0) is 25.9 Å². The van der Waals surface area contributed by atoms with Crippen molar-refractivity contribution in [1.82, 2.24) is 4.90 Å². The first-order chi connectivity index (χ1) is 6.29. The summed E-state index contributed by atoms with van der Waals surface area (Å²) in [5, 5.41) is 8.35. The Hall–Kier alpha value is -1.01. The van der Waals surface area contributed by atoms with E-state index >= 15 is 0 Å². The number of nitrogens with zero attached hydrogens (tertiary/aromatic N) is 1. The molecule has 1 N–H and O–H groups in total.